The number of phosphoric acid groups is 1. The molecule has 1 amide bonds. The van der Waals surface area contributed by atoms with E-state index in [0.29, 0.717) is 12.3 Å². The smallest absolute Gasteiger partial charge is 0.472 e. The number of nitrogens with zero attached hydrogens (tertiary/aromatic N) is 6. The number of hydrogen-bond acceptors (Lipinski definition) is 17. The van der Waals surface area contributed by atoms with Crippen LogP contribution in [0.5, 0.6) is 5.88 Å². The van der Waals surface area contributed by atoms with E-state index < -0.39 is 83.6 Å². The van der Waals surface area contributed by atoms with E-state index in [4.69, 9.17) is 48.3 Å². The standard InChI is InChI=1S/C33H48N8O12P2SSi/c1-19(2)29(42)39-32-38-28-25(30(43)40-32)37-18-41(28)31-27-26(53-57(6,7)33(3,4)5)23(50-31)16-47-54(44,45)51-22-14-21(49-24-9-11-35-17-36-24)13-20(22)15-48-55(56,52-27)46-12-8-10-34/h9,11,17-23,26-27,31H,8,12-16H2,1-7H3,(H,44,45)(H2,38,39,40,42,43)/t20-,21-,22+,23-,26?,27-,31-,55?/m1/s1. The zero-order valence-electron chi connectivity index (χ0n) is 32.6. The molecule has 6 rings (SSSR count). The number of rotatable bonds is 10. The van der Waals surface area contributed by atoms with E-state index in [0.717, 1.165) is 0 Å². The lowest BCUT2D eigenvalue weighted by Gasteiger charge is -2.41. The van der Waals surface area contributed by atoms with Gasteiger partial charge < -0.3 is 27.8 Å². The molecule has 2 aliphatic heterocycles. The molecule has 3 aromatic rings. The number of amides is 1. The Morgan fingerprint density at radius 3 is 2.67 bits per heavy atom. The minimum absolute atomic E-state index is 0.0180. The maximum atomic E-state index is 13.7. The number of fused-ring (bicyclic) bond motifs is 4. The van der Waals surface area contributed by atoms with Crippen LogP contribution in [0.3, 0.4) is 0 Å². The van der Waals surface area contributed by atoms with E-state index in [1.54, 1.807) is 19.9 Å². The molecule has 57 heavy (non-hydrogen) atoms. The Morgan fingerprint density at radius 1 is 1.21 bits per heavy atom. The third kappa shape index (κ3) is 10.2. The van der Waals surface area contributed by atoms with Crippen molar-refractivity contribution >= 4 is 57.7 Å². The average molecular weight is 871 g/mol. The van der Waals surface area contributed by atoms with Gasteiger partial charge in [-0.3, -0.25) is 38.0 Å². The predicted molar refractivity (Wildman–Crippen MR) is 209 cm³/mol. The quantitative estimate of drug-likeness (QED) is 0.141. The van der Waals surface area contributed by atoms with E-state index >= 15 is 0 Å². The number of imidazole rings is 1. The zero-order chi connectivity index (χ0) is 41.3. The monoisotopic (exact) mass is 870 g/mol. The van der Waals surface area contributed by atoms with E-state index in [2.05, 4.69) is 30.2 Å². The number of carbonyl (C=O) groups is 1. The van der Waals surface area contributed by atoms with E-state index in [1.165, 1.54) is 23.4 Å². The van der Waals surface area contributed by atoms with Gasteiger partial charge in [-0.25, -0.2) is 19.5 Å². The van der Waals surface area contributed by atoms with Crippen LogP contribution in [0.25, 0.3) is 11.2 Å². The van der Waals surface area contributed by atoms with Crippen molar-refractivity contribution in [2.24, 2.45) is 11.8 Å². The Bertz CT molecular complexity index is 2120. The molecule has 2 saturated heterocycles. The van der Waals surface area contributed by atoms with Crippen molar-refractivity contribution in [2.75, 3.05) is 25.1 Å². The second-order valence-electron chi connectivity index (χ2n) is 15.8. The van der Waals surface area contributed by atoms with Crippen molar-refractivity contribution in [3.63, 3.8) is 0 Å². The Balaban J connectivity index is 1.42. The summed E-state index contributed by atoms with van der Waals surface area (Å²) in [5.74, 6) is -1.17. The lowest BCUT2D eigenvalue weighted by molar-refractivity contribution is -0.118. The highest BCUT2D eigenvalue weighted by atomic mass is 32.5. The number of nitrogens with one attached hydrogen (secondary N) is 2. The number of ether oxygens (including phenoxy) is 2. The summed E-state index contributed by atoms with van der Waals surface area (Å²) in [6.45, 7) is 8.88. The number of hydrogen-bond donors (Lipinski definition) is 3. The van der Waals surface area contributed by atoms with Crippen LogP contribution in [-0.4, -0.2) is 98.9 Å². The molecule has 2 bridgehead atoms. The highest BCUT2D eigenvalue weighted by Gasteiger charge is 2.55. The Kier molecular flexibility index (Phi) is 13.2. The molecule has 0 spiro atoms. The normalized spacial score (nSPS) is 31.2. The fourth-order valence-corrected chi connectivity index (χ4v) is 10.7. The molecule has 3 unspecified atom stereocenters. The summed E-state index contributed by atoms with van der Waals surface area (Å²) in [5, 5.41) is 11.7. The van der Waals surface area contributed by atoms with Crippen LogP contribution in [0.2, 0.25) is 18.1 Å². The van der Waals surface area contributed by atoms with Crippen LogP contribution >= 0.6 is 14.5 Å². The van der Waals surface area contributed by atoms with Crippen molar-refractivity contribution in [3.05, 3.63) is 35.3 Å². The molecule has 1 aliphatic carbocycles. The summed E-state index contributed by atoms with van der Waals surface area (Å²) in [6, 6.07) is 3.63. The molecule has 24 heteroatoms. The number of nitriles is 1. The Labute approximate surface area is 335 Å². The van der Waals surface area contributed by atoms with Gasteiger partial charge in [0.1, 0.15) is 30.7 Å². The molecule has 0 aromatic carbocycles. The van der Waals surface area contributed by atoms with Gasteiger partial charge in [-0.15, -0.1) is 0 Å². The van der Waals surface area contributed by atoms with Crippen LogP contribution < -0.4 is 15.6 Å². The minimum atomic E-state index is -4.78. The largest absolute Gasteiger partial charge is 0.474 e. The summed E-state index contributed by atoms with van der Waals surface area (Å²) in [5.41, 5.74) is -0.690. The number of phosphoric ester groups is 1. The molecule has 20 nitrogen and oxygen atoms in total. The molecule has 3 N–H and O–H groups in total. The number of H-pyrrole nitrogens is 1. The van der Waals surface area contributed by atoms with Crippen molar-refractivity contribution in [3.8, 4) is 11.9 Å². The van der Waals surface area contributed by atoms with Gasteiger partial charge in [-0.05, 0) is 36.4 Å². The first-order valence-electron chi connectivity index (χ1n) is 18.4. The van der Waals surface area contributed by atoms with Crippen molar-refractivity contribution in [1.29, 1.82) is 5.26 Å². The number of aromatic amines is 1. The Hall–Kier alpha value is -3.03. The van der Waals surface area contributed by atoms with E-state index in [1.807, 2.05) is 39.9 Å². The summed E-state index contributed by atoms with van der Waals surface area (Å²) in [7, 11) is -7.50. The zero-order valence-corrected chi connectivity index (χ0v) is 36.2. The predicted octanol–water partition coefficient (Wildman–Crippen LogP) is 4.72. The summed E-state index contributed by atoms with van der Waals surface area (Å²) in [6.07, 6.45) is -1.26. The molecule has 312 valence electrons. The first-order valence-corrected chi connectivity index (χ1v) is 25.4. The molecule has 3 aromatic heterocycles. The van der Waals surface area contributed by atoms with Gasteiger partial charge in [0.15, 0.2) is 25.7 Å². The van der Waals surface area contributed by atoms with Crippen molar-refractivity contribution in [1.82, 2.24) is 29.5 Å². The molecule has 1 saturated carbocycles. The Morgan fingerprint density at radius 2 is 1.98 bits per heavy atom. The van der Waals surface area contributed by atoms with Gasteiger partial charge in [0.25, 0.3) is 5.56 Å². The van der Waals surface area contributed by atoms with Gasteiger partial charge >= 0.3 is 14.5 Å². The lowest BCUT2D eigenvalue weighted by Crippen LogP contribution is -2.50. The maximum absolute atomic E-state index is 13.7. The van der Waals surface area contributed by atoms with Crippen LogP contribution in [0.1, 0.15) is 60.1 Å². The summed E-state index contributed by atoms with van der Waals surface area (Å²) < 4.78 is 65.5. The second kappa shape index (κ2) is 17.3. The number of anilines is 1. The van der Waals surface area contributed by atoms with Crippen LogP contribution in [0, 0.1) is 23.2 Å². The first-order chi connectivity index (χ1) is 26.8. The van der Waals surface area contributed by atoms with E-state index in [9.17, 15) is 24.3 Å². The lowest BCUT2D eigenvalue weighted by atomic mass is 10.1. The molecular weight excluding hydrogens is 823 g/mol. The SMILES string of the molecule is CC(C)C(=O)Nc1nc2c(ncn2[C@@H]2O[C@@H]3COP(=O)(O)O[C@H]4C[C@H](Oc5ccncn5)C[C@@H]4COP(=S)(OCCC#N)O[C@@H]2C3O[Si](C)(C)C(C)(C)C)c(=O)[nH]1. The van der Waals surface area contributed by atoms with Gasteiger partial charge in [-0.2, -0.15) is 10.2 Å². The molecule has 3 aliphatic rings. The fraction of sp³-hybridized carbons (Fsp3) is 0.667. The highest BCUT2D eigenvalue weighted by Crippen LogP contribution is 2.58. The van der Waals surface area contributed by atoms with Crippen LogP contribution in [0.4, 0.5) is 5.95 Å². The van der Waals surface area contributed by atoms with Gasteiger partial charge in [0.2, 0.25) is 17.7 Å². The van der Waals surface area contributed by atoms with Gasteiger partial charge in [-0.1, -0.05) is 34.6 Å². The number of aromatic nitrogens is 6. The van der Waals surface area contributed by atoms with Crippen molar-refractivity contribution in [2.45, 2.75) is 109 Å². The average Bonchev–Trinajstić information content (AvgIpc) is 3.81. The molecule has 9 atom stereocenters. The molecule has 5 heterocycles. The first kappa shape index (κ1) is 43.5. The summed E-state index contributed by atoms with van der Waals surface area (Å²) in [4.78, 5) is 56.3. The maximum Gasteiger partial charge on any atom is 0.472 e. The molecular formula is C33H48N8O12P2SSi. The second-order valence-corrected chi connectivity index (χ2v) is 24.9. The third-order valence-corrected chi connectivity index (χ3v) is 18.1. The molecule has 0 radical (unpaired) electrons. The number of carbonyl (C=O) groups excluding carboxylic acids is 1. The van der Waals surface area contributed by atoms with E-state index in [-0.39, 0.29) is 54.1 Å². The third-order valence-electron chi connectivity index (χ3n) is 10.3. The topological polar surface area (TPSA) is 253 Å². The van der Waals surface area contributed by atoms with Gasteiger partial charge in [0, 0.05) is 30.5 Å². The fourth-order valence-electron chi connectivity index (χ4n) is 6.23. The van der Waals surface area contributed by atoms with Crippen LogP contribution in [-0.2, 0) is 52.9 Å². The summed E-state index contributed by atoms with van der Waals surface area (Å²) >= 11 is 6.06. The highest BCUT2D eigenvalue weighted by molar-refractivity contribution is 8.07. The van der Waals surface area contributed by atoms with Gasteiger partial charge in [0.05, 0.1) is 44.7 Å². The van der Waals surface area contributed by atoms with Crippen LogP contribution in [0.15, 0.2) is 29.7 Å². The molecule has 3 fully saturated rings. The van der Waals surface area contributed by atoms with Crippen molar-refractivity contribution < 1.29 is 50.8 Å². The minimum Gasteiger partial charge on any atom is -0.474 e.